The van der Waals surface area contributed by atoms with Crippen LogP contribution < -0.4 is 5.73 Å². The van der Waals surface area contributed by atoms with Gasteiger partial charge in [-0.25, -0.2) is 0 Å². The Balaban J connectivity index is 2.68. The van der Waals surface area contributed by atoms with E-state index in [9.17, 15) is 4.79 Å². The van der Waals surface area contributed by atoms with Crippen molar-refractivity contribution >= 4 is 5.78 Å². The maximum absolute atomic E-state index is 11.5. The van der Waals surface area contributed by atoms with Crippen molar-refractivity contribution < 1.29 is 4.79 Å². The summed E-state index contributed by atoms with van der Waals surface area (Å²) in [6.45, 7) is 1.83. The molecule has 0 aromatic carbocycles. The van der Waals surface area contributed by atoms with Crippen LogP contribution in [0.3, 0.4) is 0 Å². The van der Waals surface area contributed by atoms with E-state index >= 15 is 0 Å². The number of carbonyl (C=O) groups excluding carboxylic acids is 1. The normalized spacial score (nSPS) is 24.6. The third kappa shape index (κ3) is 2.36. The molecular formula is C10H17NO. The molecule has 1 saturated carbocycles. The second-order valence-corrected chi connectivity index (χ2v) is 3.50. The third-order valence-electron chi connectivity index (χ3n) is 2.39. The summed E-state index contributed by atoms with van der Waals surface area (Å²) in [4.78, 5) is 11.5. The van der Waals surface area contributed by atoms with Crippen molar-refractivity contribution in [1.29, 1.82) is 0 Å². The molecule has 0 aromatic rings. The highest BCUT2D eigenvalue weighted by molar-refractivity contribution is 5.95. The summed E-state index contributed by atoms with van der Waals surface area (Å²) in [5.74, 6) is 0.273. The van der Waals surface area contributed by atoms with Crippen LogP contribution in [0.25, 0.3) is 0 Å². The van der Waals surface area contributed by atoms with E-state index < -0.39 is 0 Å². The Hall–Kier alpha value is -0.790. The SMILES string of the molecule is CC(N)=C1CCCCCCC1=O. The second kappa shape index (κ2) is 4.29. The Bertz CT molecular complexity index is 202. The topological polar surface area (TPSA) is 43.1 Å². The molecule has 0 saturated heterocycles. The first-order chi connectivity index (χ1) is 5.72. The molecule has 0 aromatic heterocycles. The Labute approximate surface area is 73.8 Å². The minimum absolute atomic E-state index is 0.273. The highest BCUT2D eigenvalue weighted by Gasteiger charge is 2.13. The van der Waals surface area contributed by atoms with Gasteiger partial charge in [-0.05, 0) is 26.2 Å². The zero-order valence-electron chi connectivity index (χ0n) is 7.73. The average molecular weight is 167 g/mol. The molecule has 1 aliphatic rings. The van der Waals surface area contributed by atoms with Crippen molar-refractivity contribution in [1.82, 2.24) is 0 Å². The van der Waals surface area contributed by atoms with E-state index in [-0.39, 0.29) is 5.78 Å². The smallest absolute Gasteiger partial charge is 0.160 e. The summed E-state index contributed by atoms with van der Waals surface area (Å²) in [6.07, 6.45) is 6.18. The van der Waals surface area contributed by atoms with E-state index in [2.05, 4.69) is 0 Å². The summed E-state index contributed by atoms with van der Waals surface area (Å²) < 4.78 is 0. The van der Waals surface area contributed by atoms with Gasteiger partial charge in [0.1, 0.15) is 0 Å². The summed E-state index contributed by atoms with van der Waals surface area (Å²) >= 11 is 0. The van der Waals surface area contributed by atoms with Crippen molar-refractivity contribution in [3.05, 3.63) is 11.3 Å². The van der Waals surface area contributed by atoms with Gasteiger partial charge in [0.25, 0.3) is 0 Å². The number of ketones is 1. The van der Waals surface area contributed by atoms with E-state index in [1.807, 2.05) is 6.92 Å². The highest BCUT2D eigenvalue weighted by Crippen LogP contribution is 2.19. The van der Waals surface area contributed by atoms with Crippen molar-refractivity contribution in [2.24, 2.45) is 5.73 Å². The van der Waals surface area contributed by atoms with E-state index in [1.54, 1.807) is 0 Å². The first-order valence-electron chi connectivity index (χ1n) is 4.70. The first-order valence-corrected chi connectivity index (χ1v) is 4.70. The van der Waals surface area contributed by atoms with E-state index in [0.29, 0.717) is 6.42 Å². The molecule has 0 aliphatic heterocycles. The molecule has 0 spiro atoms. The predicted octanol–water partition coefficient (Wildman–Crippen LogP) is 2.14. The summed E-state index contributed by atoms with van der Waals surface area (Å²) in [5.41, 5.74) is 7.24. The molecule has 0 amide bonds. The van der Waals surface area contributed by atoms with Crippen LogP contribution in [0.4, 0.5) is 0 Å². The zero-order chi connectivity index (χ0) is 8.97. The number of hydrogen-bond acceptors (Lipinski definition) is 2. The maximum atomic E-state index is 11.5. The molecule has 2 N–H and O–H groups in total. The Kier molecular flexibility index (Phi) is 3.32. The second-order valence-electron chi connectivity index (χ2n) is 3.50. The lowest BCUT2D eigenvalue weighted by molar-refractivity contribution is -0.116. The van der Waals surface area contributed by atoms with Crippen molar-refractivity contribution in [2.75, 3.05) is 0 Å². The largest absolute Gasteiger partial charge is 0.402 e. The van der Waals surface area contributed by atoms with Crippen molar-refractivity contribution in [3.8, 4) is 0 Å². The fourth-order valence-corrected chi connectivity index (χ4v) is 1.65. The van der Waals surface area contributed by atoms with Crippen LogP contribution in [0.5, 0.6) is 0 Å². The van der Waals surface area contributed by atoms with Gasteiger partial charge in [0.2, 0.25) is 0 Å². The van der Waals surface area contributed by atoms with E-state index in [0.717, 1.165) is 30.5 Å². The first kappa shape index (κ1) is 9.30. The fraction of sp³-hybridized carbons (Fsp3) is 0.700. The van der Waals surface area contributed by atoms with Gasteiger partial charge in [-0.2, -0.15) is 0 Å². The highest BCUT2D eigenvalue weighted by atomic mass is 16.1. The molecule has 2 heteroatoms. The Morgan fingerprint density at radius 2 is 1.75 bits per heavy atom. The number of nitrogens with two attached hydrogens (primary N) is 1. The van der Waals surface area contributed by atoms with Gasteiger partial charge >= 0.3 is 0 Å². The molecule has 0 heterocycles. The zero-order valence-corrected chi connectivity index (χ0v) is 7.73. The van der Waals surface area contributed by atoms with Gasteiger partial charge in [-0.3, -0.25) is 4.79 Å². The molecule has 1 fully saturated rings. The summed E-state index contributed by atoms with van der Waals surface area (Å²) in [6, 6.07) is 0. The van der Waals surface area contributed by atoms with Crippen LogP contribution in [-0.4, -0.2) is 5.78 Å². The number of rotatable bonds is 0. The van der Waals surface area contributed by atoms with Gasteiger partial charge in [0, 0.05) is 17.7 Å². The average Bonchev–Trinajstić information content (AvgIpc) is 1.96. The van der Waals surface area contributed by atoms with Gasteiger partial charge < -0.3 is 5.73 Å². The van der Waals surface area contributed by atoms with Gasteiger partial charge in [-0.1, -0.05) is 12.8 Å². The quantitative estimate of drug-likeness (QED) is 0.562. The molecule has 1 aliphatic carbocycles. The van der Waals surface area contributed by atoms with Crippen LogP contribution in [0.15, 0.2) is 11.3 Å². The summed E-state index contributed by atoms with van der Waals surface area (Å²) in [5, 5.41) is 0. The molecule has 0 bridgehead atoms. The van der Waals surface area contributed by atoms with Crippen molar-refractivity contribution in [2.45, 2.75) is 45.4 Å². The van der Waals surface area contributed by atoms with Gasteiger partial charge in [0.05, 0.1) is 0 Å². The maximum Gasteiger partial charge on any atom is 0.160 e. The minimum atomic E-state index is 0.273. The predicted molar refractivity (Wildman–Crippen MR) is 49.6 cm³/mol. The third-order valence-corrected chi connectivity index (χ3v) is 2.39. The number of hydrogen-bond donors (Lipinski definition) is 1. The van der Waals surface area contributed by atoms with E-state index in [4.69, 9.17) is 5.73 Å². The van der Waals surface area contributed by atoms with Gasteiger partial charge in [-0.15, -0.1) is 0 Å². The van der Waals surface area contributed by atoms with Crippen LogP contribution in [0, 0.1) is 0 Å². The summed E-state index contributed by atoms with van der Waals surface area (Å²) in [7, 11) is 0. The van der Waals surface area contributed by atoms with Crippen LogP contribution in [0.1, 0.15) is 45.4 Å². The van der Waals surface area contributed by atoms with Crippen LogP contribution >= 0.6 is 0 Å². The lowest BCUT2D eigenvalue weighted by Gasteiger charge is -2.12. The van der Waals surface area contributed by atoms with E-state index in [1.165, 1.54) is 12.8 Å². The van der Waals surface area contributed by atoms with Gasteiger partial charge in [0.15, 0.2) is 5.78 Å². The molecule has 2 nitrogen and oxygen atoms in total. The minimum Gasteiger partial charge on any atom is -0.402 e. The number of allylic oxidation sites excluding steroid dienone is 2. The van der Waals surface area contributed by atoms with Crippen molar-refractivity contribution in [3.63, 3.8) is 0 Å². The molecule has 0 atom stereocenters. The molecule has 1 rings (SSSR count). The Morgan fingerprint density at radius 1 is 1.17 bits per heavy atom. The number of carbonyl (C=O) groups is 1. The lowest BCUT2D eigenvalue weighted by Crippen LogP contribution is -2.11. The standard InChI is InChI=1S/C10H17NO/c1-8(11)9-6-4-2-3-5-7-10(9)12/h2-7,11H2,1H3. The molecule has 12 heavy (non-hydrogen) atoms. The fourth-order valence-electron chi connectivity index (χ4n) is 1.65. The lowest BCUT2D eigenvalue weighted by atomic mass is 9.94. The van der Waals surface area contributed by atoms with Crippen LogP contribution in [-0.2, 0) is 4.79 Å². The molecule has 0 radical (unpaired) electrons. The number of Topliss-reactive ketones (excluding diaryl/α,β-unsaturated/α-hetero) is 1. The molecular weight excluding hydrogens is 150 g/mol. The molecule has 0 unspecified atom stereocenters. The molecule has 68 valence electrons. The van der Waals surface area contributed by atoms with Crippen LogP contribution in [0.2, 0.25) is 0 Å². The monoisotopic (exact) mass is 167 g/mol. The Morgan fingerprint density at radius 3 is 2.33 bits per heavy atom.